The number of aryl methyl sites for hydroxylation is 2. The summed E-state index contributed by atoms with van der Waals surface area (Å²) in [6.45, 7) is 6.22. The molecule has 150 valence electrons. The van der Waals surface area contributed by atoms with Gasteiger partial charge in [0.05, 0.1) is 17.8 Å². The van der Waals surface area contributed by atoms with E-state index in [1.54, 1.807) is 6.20 Å². The summed E-state index contributed by atoms with van der Waals surface area (Å²) in [5.41, 5.74) is 5.45. The molecular weight excluding hydrogens is 362 g/mol. The molecule has 4 rings (SSSR count). The lowest BCUT2D eigenvalue weighted by atomic mass is 10.1. The number of rotatable bonds is 5. The minimum absolute atomic E-state index is 0.221. The van der Waals surface area contributed by atoms with Gasteiger partial charge in [-0.15, -0.1) is 0 Å². The molecule has 29 heavy (non-hydrogen) atoms. The summed E-state index contributed by atoms with van der Waals surface area (Å²) in [4.78, 5) is 21.2. The predicted molar refractivity (Wildman–Crippen MR) is 113 cm³/mol. The van der Waals surface area contributed by atoms with Crippen LogP contribution >= 0.6 is 0 Å². The van der Waals surface area contributed by atoms with Crippen molar-refractivity contribution < 1.29 is 4.79 Å². The number of hydrogen-bond acceptors (Lipinski definition) is 4. The number of pyridine rings is 1. The van der Waals surface area contributed by atoms with Gasteiger partial charge in [0.25, 0.3) is 0 Å². The van der Waals surface area contributed by atoms with Gasteiger partial charge in [0, 0.05) is 57.7 Å². The minimum Gasteiger partial charge on any atom is -0.340 e. The average molecular weight is 390 g/mol. The molecule has 0 spiro atoms. The highest BCUT2D eigenvalue weighted by atomic mass is 16.2. The summed E-state index contributed by atoms with van der Waals surface area (Å²) in [6, 6.07) is 14.2. The Morgan fingerprint density at radius 1 is 1.07 bits per heavy atom. The Hall–Kier alpha value is -2.99. The van der Waals surface area contributed by atoms with Crippen molar-refractivity contribution in [3.05, 3.63) is 71.7 Å². The zero-order valence-electron chi connectivity index (χ0n) is 17.1. The number of amides is 1. The fourth-order valence-electron chi connectivity index (χ4n) is 3.78. The molecule has 0 atom stereocenters. The Morgan fingerprint density at radius 3 is 2.59 bits per heavy atom. The molecule has 0 unspecified atom stereocenters. The predicted octanol–water partition coefficient (Wildman–Crippen LogP) is 2.68. The lowest BCUT2D eigenvalue weighted by Gasteiger charge is -2.34. The van der Waals surface area contributed by atoms with Crippen LogP contribution in [0.2, 0.25) is 0 Å². The van der Waals surface area contributed by atoms with Crippen LogP contribution in [-0.2, 0) is 24.8 Å². The minimum atomic E-state index is 0.221. The third kappa shape index (κ3) is 4.54. The van der Waals surface area contributed by atoms with E-state index in [2.05, 4.69) is 34.0 Å². The molecular formula is C23H27N5O. The van der Waals surface area contributed by atoms with Crippen LogP contribution in [-0.4, -0.2) is 56.7 Å². The van der Waals surface area contributed by atoms with Crippen molar-refractivity contribution in [3.8, 4) is 11.3 Å². The second-order valence-electron chi connectivity index (χ2n) is 7.65. The first kappa shape index (κ1) is 19.3. The van der Waals surface area contributed by atoms with E-state index in [0.717, 1.165) is 49.5 Å². The molecule has 6 nitrogen and oxygen atoms in total. The molecule has 6 heteroatoms. The Balaban J connectivity index is 1.33. The summed E-state index contributed by atoms with van der Waals surface area (Å²) >= 11 is 0. The Morgan fingerprint density at radius 2 is 1.86 bits per heavy atom. The third-order valence-corrected chi connectivity index (χ3v) is 5.65. The normalized spacial score (nSPS) is 14.9. The van der Waals surface area contributed by atoms with Crippen molar-refractivity contribution >= 4 is 5.91 Å². The van der Waals surface area contributed by atoms with Crippen LogP contribution < -0.4 is 0 Å². The van der Waals surface area contributed by atoms with Gasteiger partial charge in [-0.25, -0.2) is 0 Å². The number of carbonyl (C=O) groups excluding carboxylic acids is 1. The van der Waals surface area contributed by atoms with Gasteiger partial charge in [-0.1, -0.05) is 24.3 Å². The molecule has 0 bridgehead atoms. The number of hydrogen-bond donors (Lipinski definition) is 0. The molecule has 1 aliphatic rings. The van der Waals surface area contributed by atoms with Crippen LogP contribution in [0.25, 0.3) is 11.3 Å². The summed E-state index contributed by atoms with van der Waals surface area (Å²) in [6.07, 6.45) is 4.10. The van der Waals surface area contributed by atoms with Gasteiger partial charge < -0.3 is 4.90 Å². The third-order valence-electron chi connectivity index (χ3n) is 5.65. The summed E-state index contributed by atoms with van der Waals surface area (Å²) in [5, 5.41) is 4.63. The smallest absolute Gasteiger partial charge is 0.227 e. The van der Waals surface area contributed by atoms with Crippen LogP contribution in [0.3, 0.4) is 0 Å². The van der Waals surface area contributed by atoms with Gasteiger partial charge in [0.2, 0.25) is 5.91 Å². The number of piperazine rings is 1. The molecule has 3 aromatic rings. The van der Waals surface area contributed by atoms with E-state index in [1.165, 1.54) is 11.3 Å². The van der Waals surface area contributed by atoms with Crippen LogP contribution in [0.1, 0.15) is 16.8 Å². The van der Waals surface area contributed by atoms with Gasteiger partial charge in [-0.05, 0) is 36.2 Å². The van der Waals surface area contributed by atoms with E-state index >= 15 is 0 Å². The lowest BCUT2D eigenvalue weighted by Crippen LogP contribution is -2.48. The van der Waals surface area contributed by atoms with Crippen molar-refractivity contribution in [3.63, 3.8) is 0 Å². The van der Waals surface area contributed by atoms with Gasteiger partial charge in [-0.3, -0.25) is 19.4 Å². The first-order valence-electron chi connectivity index (χ1n) is 10.1. The molecule has 3 heterocycles. The largest absolute Gasteiger partial charge is 0.340 e. The molecule has 1 saturated heterocycles. The summed E-state index contributed by atoms with van der Waals surface area (Å²) in [5.74, 6) is 0.221. The van der Waals surface area contributed by atoms with Crippen molar-refractivity contribution in [2.45, 2.75) is 19.9 Å². The number of nitrogens with zero attached hydrogens (tertiary/aromatic N) is 5. The second kappa shape index (κ2) is 8.57. The maximum absolute atomic E-state index is 12.7. The lowest BCUT2D eigenvalue weighted by molar-refractivity contribution is -0.132. The fraction of sp³-hybridized carbons (Fsp3) is 0.348. The zero-order valence-corrected chi connectivity index (χ0v) is 17.1. The van der Waals surface area contributed by atoms with Gasteiger partial charge in [0.1, 0.15) is 0 Å². The number of carbonyl (C=O) groups is 1. The number of benzene rings is 1. The first-order valence-corrected chi connectivity index (χ1v) is 10.1. The molecule has 2 aromatic heterocycles. The van der Waals surface area contributed by atoms with Crippen molar-refractivity contribution in [2.24, 2.45) is 7.05 Å². The molecule has 1 fully saturated rings. The van der Waals surface area contributed by atoms with Crippen LogP contribution in [0.15, 0.2) is 54.9 Å². The molecule has 1 aromatic carbocycles. The van der Waals surface area contributed by atoms with Gasteiger partial charge >= 0.3 is 0 Å². The molecule has 0 N–H and O–H groups in total. The topological polar surface area (TPSA) is 54.3 Å². The summed E-state index contributed by atoms with van der Waals surface area (Å²) < 4.78 is 1.94. The Labute approximate surface area is 171 Å². The maximum atomic E-state index is 12.7. The molecule has 1 aliphatic heterocycles. The van der Waals surface area contributed by atoms with Crippen molar-refractivity contribution in [1.82, 2.24) is 24.6 Å². The van der Waals surface area contributed by atoms with E-state index in [-0.39, 0.29) is 5.91 Å². The summed E-state index contributed by atoms with van der Waals surface area (Å²) in [7, 11) is 1.98. The monoisotopic (exact) mass is 389 g/mol. The number of aromatic nitrogens is 3. The van der Waals surface area contributed by atoms with Gasteiger partial charge in [-0.2, -0.15) is 5.10 Å². The quantitative estimate of drug-likeness (QED) is 0.673. The average Bonchev–Trinajstić information content (AvgIpc) is 3.11. The Bertz CT molecular complexity index is 974. The zero-order chi connectivity index (χ0) is 20.2. The molecule has 0 radical (unpaired) electrons. The maximum Gasteiger partial charge on any atom is 0.227 e. The van der Waals surface area contributed by atoms with Crippen molar-refractivity contribution in [1.29, 1.82) is 0 Å². The van der Waals surface area contributed by atoms with Crippen LogP contribution in [0.4, 0.5) is 0 Å². The highest BCUT2D eigenvalue weighted by Crippen LogP contribution is 2.19. The van der Waals surface area contributed by atoms with Crippen LogP contribution in [0.5, 0.6) is 0 Å². The van der Waals surface area contributed by atoms with E-state index in [4.69, 9.17) is 0 Å². The standard InChI is InChI=1S/C23H27N5O/c1-18-6-3-4-7-19(18)14-23(29)28-12-10-27(11-13-28)17-21-15-22(25-26(21)2)20-8-5-9-24-16-20/h3-9,15-16H,10-14,17H2,1-2H3. The molecule has 1 amide bonds. The first-order chi connectivity index (χ1) is 14.1. The van der Waals surface area contributed by atoms with Crippen LogP contribution in [0, 0.1) is 6.92 Å². The Kier molecular flexibility index (Phi) is 5.71. The highest BCUT2D eigenvalue weighted by Gasteiger charge is 2.22. The van der Waals surface area contributed by atoms with E-state index in [1.807, 2.05) is 53.2 Å². The van der Waals surface area contributed by atoms with Crippen molar-refractivity contribution in [2.75, 3.05) is 26.2 Å². The second-order valence-corrected chi connectivity index (χ2v) is 7.65. The van der Waals surface area contributed by atoms with E-state index < -0.39 is 0 Å². The van der Waals surface area contributed by atoms with E-state index in [0.29, 0.717) is 6.42 Å². The molecule has 0 saturated carbocycles. The SMILES string of the molecule is Cc1ccccc1CC(=O)N1CCN(Cc2cc(-c3cccnc3)nn2C)CC1. The molecule has 0 aliphatic carbocycles. The highest BCUT2D eigenvalue weighted by molar-refractivity contribution is 5.79. The fourth-order valence-corrected chi connectivity index (χ4v) is 3.78. The van der Waals surface area contributed by atoms with Gasteiger partial charge in [0.15, 0.2) is 0 Å². The van der Waals surface area contributed by atoms with E-state index in [9.17, 15) is 4.79 Å².